The molecule has 2 aliphatic heterocycles. The molecule has 2 heterocycles. The van der Waals surface area contributed by atoms with Gasteiger partial charge in [0.05, 0.1) is 0 Å². The lowest BCUT2D eigenvalue weighted by atomic mass is 10.1. The number of hydrogen-bond acceptors (Lipinski definition) is 4. The number of nitrogens with zero attached hydrogens (tertiary/aromatic N) is 2. The SMILES string of the molecule is CCC(CC)N1CCN(Cc2ccc3c(c2)OCO3)CC1. The highest BCUT2D eigenvalue weighted by Gasteiger charge is 2.22. The van der Waals surface area contributed by atoms with E-state index < -0.39 is 0 Å². The lowest BCUT2D eigenvalue weighted by molar-refractivity contribution is 0.0881. The van der Waals surface area contributed by atoms with Crippen LogP contribution in [-0.2, 0) is 6.54 Å². The quantitative estimate of drug-likeness (QED) is 0.832. The maximum atomic E-state index is 5.46. The number of ether oxygens (including phenoxy) is 2. The van der Waals surface area contributed by atoms with Gasteiger partial charge in [0.15, 0.2) is 11.5 Å². The highest BCUT2D eigenvalue weighted by atomic mass is 16.7. The summed E-state index contributed by atoms with van der Waals surface area (Å²) in [6.07, 6.45) is 2.53. The van der Waals surface area contributed by atoms with Crippen LogP contribution in [0.1, 0.15) is 32.3 Å². The molecule has 21 heavy (non-hydrogen) atoms. The lowest BCUT2D eigenvalue weighted by Gasteiger charge is -2.38. The van der Waals surface area contributed by atoms with Gasteiger partial charge in [-0.25, -0.2) is 0 Å². The van der Waals surface area contributed by atoms with Crippen molar-refractivity contribution in [3.63, 3.8) is 0 Å². The molecule has 3 rings (SSSR count). The molecule has 1 saturated heterocycles. The van der Waals surface area contributed by atoms with E-state index in [2.05, 4.69) is 35.8 Å². The Kier molecular flexibility index (Phi) is 4.66. The Hall–Kier alpha value is -1.26. The third-order valence-electron chi connectivity index (χ3n) is 4.71. The van der Waals surface area contributed by atoms with Gasteiger partial charge in [0.1, 0.15) is 0 Å². The third-order valence-corrected chi connectivity index (χ3v) is 4.71. The largest absolute Gasteiger partial charge is 0.454 e. The van der Waals surface area contributed by atoms with Crippen molar-refractivity contribution in [2.45, 2.75) is 39.3 Å². The fourth-order valence-electron chi connectivity index (χ4n) is 3.39. The van der Waals surface area contributed by atoms with E-state index in [0.717, 1.165) is 37.2 Å². The average molecular weight is 290 g/mol. The molecule has 0 atom stereocenters. The van der Waals surface area contributed by atoms with E-state index in [1.165, 1.54) is 31.5 Å². The van der Waals surface area contributed by atoms with E-state index in [0.29, 0.717) is 6.79 Å². The molecule has 0 aliphatic carbocycles. The minimum absolute atomic E-state index is 0.354. The van der Waals surface area contributed by atoms with Crippen LogP contribution in [0.25, 0.3) is 0 Å². The molecule has 0 aromatic heterocycles. The Morgan fingerprint density at radius 2 is 1.71 bits per heavy atom. The zero-order valence-corrected chi connectivity index (χ0v) is 13.2. The van der Waals surface area contributed by atoms with Crippen molar-refractivity contribution in [3.8, 4) is 11.5 Å². The predicted octanol–water partition coefficient (Wildman–Crippen LogP) is 2.72. The van der Waals surface area contributed by atoms with Gasteiger partial charge in [0.25, 0.3) is 0 Å². The summed E-state index contributed by atoms with van der Waals surface area (Å²) in [7, 11) is 0. The first kappa shape index (κ1) is 14.7. The molecular formula is C17H26N2O2. The van der Waals surface area contributed by atoms with Crippen molar-refractivity contribution >= 4 is 0 Å². The third kappa shape index (κ3) is 3.33. The van der Waals surface area contributed by atoms with Gasteiger partial charge >= 0.3 is 0 Å². The standard InChI is InChI=1S/C17H26N2O2/c1-3-15(4-2)19-9-7-18(8-10-19)12-14-5-6-16-17(11-14)21-13-20-16/h5-6,11,15H,3-4,7-10,12-13H2,1-2H3. The highest BCUT2D eigenvalue weighted by Crippen LogP contribution is 2.32. The molecule has 4 heteroatoms. The van der Waals surface area contributed by atoms with E-state index in [4.69, 9.17) is 9.47 Å². The molecular weight excluding hydrogens is 264 g/mol. The summed E-state index contributed by atoms with van der Waals surface area (Å²) in [6, 6.07) is 7.06. The number of rotatable bonds is 5. The van der Waals surface area contributed by atoms with Gasteiger partial charge in [-0.2, -0.15) is 0 Å². The van der Waals surface area contributed by atoms with Gasteiger partial charge in [-0.15, -0.1) is 0 Å². The number of benzene rings is 1. The molecule has 1 fully saturated rings. The van der Waals surface area contributed by atoms with E-state index >= 15 is 0 Å². The van der Waals surface area contributed by atoms with Crippen molar-refractivity contribution in [1.82, 2.24) is 9.80 Å². The molecule has 0 N–H and O–H groups in total. The first-order valence-electron chi connectivity index (χ1n) is 8.15. The van der Waals surface area contributed by atoms with E-state index in [9.17, 15) is 0 Å². The van der Waals surface area contributed by atoms with Crippen LogP contribution in [0.2, 0.25) is 0 Å². The summed E-state index contributed by atoms with van der Waals surface area (Å²) in [5.41, 5.74) is 1.32. The predicted molar refractivity (Wildman–Crippen MR) is 83.8 cm³/mol. The zero-order chi connectivity index (χ0) is 14.7. The summed E-state index contributed by atoms with van der Waals surface area (Å²) < 4.78 is 10.8. The minimum atomic E-state index is 0.354. The summed E-state index contributed by atoms with van der Waals surface area (Å²) in [5, 5.41) is 0. The molecule has 0 bridgehead atoms. The second-order valence-corrected chi connectivity index (χ2v) is 5.97. The average Bonchev–Trinajstić information content (AvgIpc) is 2.98. The molecule has 116 valence electrons. The van der Waals surface area contributed by atoms with E-state index in [1.54, 1.807) is 0 Å². The fourth-order valence-corrected chi connectivity index (χ4v) is 3.39. The van der Waals surface area contributed by atoms with Crippen molar-refractivity contribution < 1.29 is 9.47 Å². The molecule has 0 saturated carbocycles. The monoisotopic (exact) mass is 290 g/mol. The van der Waals surface area contributed by atoms with Crippen LogP contribution in [0.15, 0.2) is 18.2 Å². The van der Waals surface area contributed by atoms with Crippen LogP contribution in [-0.4, -0.2) is 48.8 Å². The van der Waals surface area contributed by atoms with Crippen LogP contribution in [0.4, 0.5) is 0 Å². The van der Waals surface area contributed by atoms with Crippen LogP contribution in [0.3, 0.4) is 0 Å². The topological polar surface area (TPSA) is 24.9 Å². The molecule has 4 nitrogen and oxygen atoms in total. The normalized spacial score (nSPS) is 19.4. The number of hydrogen-bond donors (Lipinski definition) is 0. The molecule has 0 amide bonds. The van der Waals surface area contributed by atoms with Gasteiger partial charge in [-0.3, -0.25) is 9.80 Å². The highest BCUT2D eigenvalue weighted by molar-refractivity contribution is 5.44. The molecule has 2 aliphatic rings. The Morgan fingerprint density at radius 1 is 1.00 bits per heavy atom. The summed E-state index contributed by atoms with van der Waals surface area (Å²) in [4.78, 5) is 5.19. The van der Waals surface area contributed by atoms with Gasteiger partial charge in [-0.05, 0) is 30.5 Å². The van der Waals surface area contributed by atoms with Crippen molar-refractivity contribution in [2.24, 2.45) is 0 Å². The first-order valence-corrected chi connectivity index (χ1v) is 8.15. The lowest BCUT2D eigenvalue weighted by Crippen LogP contribution is -2.49. The number of piperazine rings is 1. The van der Waals surface area contributed by atoms with Gasteiger partial charge < -0.3 is 9.47 Å². The molecule has 1 aromatic carbocycles. The maximum absolute atomic E-state index is 5.46. The molecule has 0 unspecified atom stereocenters. The molecule has 1 aromatic rings. The van der Waals surface area contributed by atoms with Crippen molar-refractivity contribution in [1.29, 1.82) is 0 Å². The second-order valence-electron chi connectivity index (χ2n) is 5.97. The Morgan fingerprint density at radius 3 is 2.43 bits per heavy atom. The minimum Gasteiger partial charge on any atom is -0.454 e. The zero-order valence-electron chi connectivity index (χ0n) is 13.2. The van der Waals surface area contributed by atoms with Crippen LogP contribution in [0, 0.1) is 0 Å². The Labute approximate surface area is 127 Å². The van der Waals surface area contributed by atoms with E-state index in [-0.39, 0.29) is 0 Å². The van der Waals surface area contributed by atoms with Gasteiger partial charge in [-0.1, -0.05) is 19.9 Å². The summed E-state index contributed by atoms with van der Waals surface area (Å²) in [6.45, 7) is 10.7. The summed E-state index contributed by atoms with van der Waals surface area (Å²) in [5.74, 6) is 1.76. The smallest absolute Gasteiger partial charge is 0.231 e. The second kappa shape index (κ2) is 6.67. The molecule has 0 radical (unpaired) electrons. The Balaban J connectivity index is 1.53. The van der Waals surface area contributed by atoms with Crippen LogP contribution in [0.5, 0.6) is 11.5 Å². The fraction of sp³-hybridized carbons (Fsp3) is 0.647. The van der Waals surface area contributed by atoms with Crippen molar-refractivity contribution in [3.05, 3.63) is 23.8 Å². The Bertz CT molecular complexity index is 466. The first-order chi connectivity index (χ1) is 10.3. The number of fused-ring (bicyclic) bond motifs is 1. The summed E-state index contributed by atoms with van der Waals surface area (Å²) >= 11 is 0. The van der Waals surface area contributed by atoms with Crippen LogP contribution >= 0.6 is 0 Å². The van der Waals surface area contributed by atoms with Crippen LogP contribution < -0.4 is 9.47 Å². The van der Waals surface area contributed by atoms with E-state index in [1.807, 2.05) is 6.07 Å². The molecule has 0 spiro atoms. The van der Waals surface area contributed by atoms with Gasteiger partial charge in [0, 0.05) is 38.8 Å². The van der Waals surface area contributed by atoms with Crippen molar-refractivity contribution in [2.75, 3.05) is 33.0 Å². The van der Waals surface area contributed by atoms with Gasteiger partial charge in [0.2, 0.25) is 6.79 Å². The maximum Gasteiger partial charge on any atom is 0.231 e.